The van der Waals surface area contributed by atoms with Crippen molar-refractivity contribution in [3.63, 3.8) is 0 Å². The monoisotopic (exact) mass is 235 g/mol. The Bertz CT molecular complexity index is 517. The van der Waals surface area contributed by atoms with Gasteiger partial charge in [-0.1, -0.05) is 35.9 Å². The van der Waals surface area contributed by atoms with Gasteiger partial charge < -0.3 is 10.3 Å². The standard InChI is InChI=1S/C12H14ClN3/c1-8-5-3-4-6-9(8)11-12(13)15-10(7-14)16(11)2/h3-6H,7,14H2,1-2H3. The van der Waals surface area contributed by atoms with Gasteiger partial charge in [-0.2, -0.15) is 0 Å². The number of imidazole rings is 1. The molecule has 1 aromatic heterocycles. The van der Waals surface area contributed by atoms with Crippen LogP contribution in [0.4, 0.5) is 0 Å². The smallest absolute Gasteiger partial charge is 0.155 e. The number of nitrogens with two attached hydrogens (primary N) is 1. The van der Waals surface area contributed by atoms with E-state index in [0.717, 1.165) is 17.1 Å². The molecule has 0 aliphatic carbocycles. The summed E-state index contributed by atoms with van der Waals surface area (Å²) < 4.78 is 1.95. The highest BCUT2D eigenvalue weighted by molar-refractivity contribution is 6.32. The number of rotatable bonds is 2. The van der Waals surface area contributed by atoms with E-state index in [1.165, 1.54) is 5.56 Å². The fourth-order valence-corrected chi connectivity index (χ4v) is 2.15. The summed E-state index contributed by atoms with van der Waals surface area (Å²) in [4.78, 5) is 4.25. The van der Waals surface area contributed by atoms with E-state index in [9.17, 15) is 0 Å². The molecular formula is C12H14ClN3. The second kappa shape index (κ2) is 4.28. The fraction of sp³-hybridized carbons (Fsp3) is 0.250. The van der Waals surface area contributed by atoms with Gasteiger partial charge in [-0.05, 0) is 12.5 Å². The maximum absolute atomic E-state index is 6.15. The van der Waals surface area contributed by atoms with Gasteiger partial charge in [-0.15, -0.1) is 0 Å². The van der Waals surface area contributed by atoms with E-state index in [1.54, 1.807) is 0 Å². The van der Waals surface area contributed by atoms with Crippen LogP contribution < -0.4 is 5.73 Å². The zero-order valence-corrected chi connectivity index (χ0v) is 10.1. The summed E-state index contributed by atoms with van der Waals surface area (Å²) in [5, 5.41) is 0.511. The van der Waals surface area contributed by atoms with Crippen molar-refractivity contribution in [1.29, 1.82) is 0 Å². The molecule has 1 aromatic carbocycles. The predicted molar refractivity (Wildman–Crippen MR) is 66.3 cm³/mol. The highest BCUT2D eigenvalue weighted by atomic mass is 35.5. The van der Waals surface area contributed by atoms with E-state index < -0.39 is 0 Å². The van der Waals surface area contributed by atoms with Crippen molar-refractivity contribution in [3.8, 4) is 11.3 Å². The largest absolute Gasteiger partial charge is 0.329 e. The van der Waals surface area contributed by atoms with Crippen molar-refractivity contribution in [2.24, 2.45) is 12.8 Å². The molecule has 0 atom stereocenters. The van der Waals surface area contributed by atoms with E-state index in [-0.39, 0.29) is 0 Å². The van der Waals surface area contributed by atoms with Crippen LogP contribution in [0.25, 0.3) is 11.3 Å². The molecule has 4 heteroatoms. The van der Waals surface area contributed by atoms with Gasteiger partial charge in [-0.25, -0.2) is 4.98 Å². The van der Waals surface area contributed by atoms with Gasteiger partial charge in [0.15, 0.2) is 5.15 Å². The van der Waals surface area contributed by atoms with Crippen LogP contribution in [0.2, 0.25) is 5.15 Å². The van der Waals surface area contributed by atoms with Gasteiger partial charge in [0.25, 0.3) is 0 Å². The molecule has 84 valence electrons. The minimum Gasteiger partial charge on any atom is -0.329 e. The van der Waals surface area contributed by atoms with Crippen LogP contribution in [0.1, 0.15) is 11.4 Å². The van der Waals surface area contributed by atoms with Crippen molar-refractivity contribution < 1.29 is 0 Å². The van der Waals surface area contributed by atoms with Gasteiger partial charge in [0, 0.05) is 12.6 Å². The predicted octanol–water partition coefficient (Wildman–Crippen LogP) is 2.51. The van der Waals surface area contributed by atoms with Crippen LogP contribution in [0.15, 0.2) is 24.3 Å². The number of aromatic nitrogens is 2. The first kappa shape index (κ1) is 11.2. The quantitative estimate of drug-likeness (QED) is 0.869. The zero-order chi connectivity index (χ0) is 11.7. The highest BCUT2D eigenvalue weighted by Gasteiger charge is 2.14. The van der Waals surface area contributed by atoms with E-state index in [0.29, 0.717) is 11.7 Å². The number of halogens is 1. The third kappa shape index (κ3) is 1.72. The summed E-state index contributed by atoms with van der Waals surface area (Å²) in [6.45, 7) is 2.45. The first-order valence-electron chi connectivity index (χ1n) is 5.12. The van der Waals surface area contributed by atoms with E-state index >= 15 is 0 Å². The Morgan fingerprint density at radius 1 is 1.38 bits per heavy atom. The van der Waals surface area contributed by atoms with Crippen LogP contribution in [0, 0.1) is 6.92 Å². The molecule has 0 saturated carbocycles. The molecule has 1 heterocycles. The molecule has 0 aliphatic rings. The van der Waals surface area contributed by atoms with Crippen LogP contribution in [0.5, 0.6) is 0 Å². The number of nitrogens with zero attached hydrogens (tertiary/aromatic N) is 2. The Balaban J connectivity index is 2.65. The molecule has 2 aromatic rings. The topological polar surface area (TPSA) is 43.8 Å². The Morgan fingerprint density at radius 2 is 2.06 bits per heavy atom. The lowest BCUT2D eigenvalue weighted by Gasteiger charge is -2.07. The molecule has 0 amide bonds. The molecule has 0 radical (unpaired) electrons. The molecule has 2 N–H and O–H groups in total. The average molecular weight is 236 g/mol. The highest BCUT2D eigenvalue weighted by Crippen LogP contribution is 2.30. The first-order valence-corrected chi connectivity index (χ1v) is 5.50. The van der Waals surface area contributed by atoms with Gasteiger partial charge >= 0.3 is 0 Å². The Hall–Kier alpha value is -1.32. The molecule has 0 aliphatic heterocycles. The van der Waals surface area contributed by atoms with Crippen molar-refractivity contribution in [2.45, 2.75) is 13.5 Å². The SMILES string of the molecule is Cc1ccccc1-c1c(Cl)nc(CN)n1C. The minimum absolute atomic E-state index is 0.391. The van der Waals surface area contributed by atoms with Crippen molar-refractivity contribution in [3.05, 3.63) is 40.8 Å². The van der Waals surface area contributed by atoms with Gasteiger partial charge in [-0.3, -0.25) is 0 Å². The van der Waals surface area contributed by atoms with Crippen LogP contribution in [-0.4, -0.2) is 9.55 Å². The summed E-state index contributed by atoms with van der Waals surface area (Å²) in [5.74, 6) is 0.795. The van der Waals surface area contributed by atoms with Crippen molar-refractivity contribution >= 4 is 11.6 Å². The van der Waals surface area contributed by atoms with Crippen molar-refractivity contribution in [2.75, 3.05) is 0 Å². The van der Waals surface area contributed by atoms with Crippen LogP contribution >= 0.6 is 11.6 Å². The van der Waals surface area contributed by atoms with E-state index in [2.05, 4.69) is 18.0 Å². The second-order valence-electron chi connectivity index (χ2n) is 3.75. The van der Waals surface area contributed by atoms with Gasteiger partial charge in [0.05, 0.1) is 12.2 Å². The zero-order valence-electron chi connectivity index (χ0n) is 9.37. The van der Waals surface area contributed by atoms with E-state index in [1.807, 2.05) is 29.8 Å². The Labute approximate surface area is 99.9 Å². The third-order valence-electron chi connectivity index (χ3n) is 2.73. The molecule has 0 spiro atoms. The molecular weight excluding hydrogens is 222 g/mol. The lowest BCUT2D eigenvalue weighted by molar-refractivity contribution is 0.798. The lowest BCUT2D eigenvalue weighted by atomic mass is 10.1. The maximum Gasteiger partial charge on any atom is 0.155 e. The molecule has 3 nitrogen and oxygen atoms in total. The molecule has 16 heavy (non-hydrogen) atoms. The molecule has 0 unspecified atom stereocenters. The second-order valence-corrected chi connectivity index (χ2v) is 4.10. The van der Waals surface area contributed by atoms with Crippen molar-refractivity contribution in [1.82, 2.24) is 9.55 Å². The summed E-state index contributed by atoms with van der Waals surface area (Å²) in [6, 6.07) is 8.10. The summed E-state index contributed by atoms with van der Waals surface area (Å²) in [6.07, 6.45) is 0. The third-order valence-corrected chi connectivity index (χ3v) is 2.99. The molecule has 0 bridgehead atoms. The number of aryl methyl sites for hydroxylation is 1. The molecule has 0 fully saturated rings. The van der Waals surface area contributed by atoms with E-state index in [4.69, 9.17) is 17.3 Å². The summed E-state index contributed by atoms with van der Waals surface area (Å²) >= 11 is 6.15. The lowest BCUT2D eigenvalue weighted by Crippen LogP contribution is -2.05. The van der Waals surface area contributed by atoms with Crippen LogP contribution in [-0.2, 0) is 13.6 Å². The van der Waals surface area contributed by atoms with Gasteiger partial charge in [0.2, 0.25) is 0 Å². The summed E-state index contributed by atoms with van der Waals surface area (Å²) in [5.41, 5.74) is 8.81. The van der Waals surface area contributed by atoms with Crippen LogP contribution in [0.3, 0.4) is 0 Å². The van der Waals surface area contributed by atoms with Gasteiger partial charge in [0.1, 0.15) is 5.82 Å². The Kier molecular flexibility index (Phi) is 2.99. The number of hydrogen-bond donors (Lipinski definition) is 1. The Morgan fingerprint density at radius 3 is 2.62 bits per heavy atom. The normalized spacial score (nSPS) is 10.8. The maximum atomic E-state index is 6.15. The first-order chi connectivity index (χ1) is 7.65. The fourth-order valence-electron chi connectivity index (χ4n) is 1.82. The molecule has 0 saturated heterocycles. The average Bonchev–Trinajstić information content (AvgIpc) is 2.55. The summed E-state index contributed by atoms with van der Waals surface area (Å²) in [7, 11) is 1.93. The molecule has 2 rings (SSSR count). The minimum atomic E-state index is 0.391. The number of benzene rings is 1. The number of hydrogen-bond acceptors (Lipinski definition) is 2.